The number of hydrogen-bond donors (Lipinski definition) is 0. The van der Waals surface area contributed by atoms with Crippen molar-refractivity contribution < 1.29 is 27.1 Å². The zero-order valence-corrected chi connectivity index (χ0v) is 11.1. The molecule has 0 fully saturated rings. The van der Waals surface area contributed by atoms with Crippen LogP contribution in [0.2, 0.25) is 0 Å². The fraction of sp³-hybridized carbons (Fsp3) is 0.500. The lowest BCUT2D eigenvalue weighted by Gasteiger charge is -2.12. The van der Waals surface area contributed by atoms with Gasteiger partial charge in [-0.3, -0.25) is 0 Å². The predicted octanol–water partition coefficient (Wildman–Crippen LogP) is 4.58. The number of esters is 1. The highest BCUT2D eigenvalue weighted by molar-refractivity contribution is 5.91. The summed E-state index contributed by atoms with van der Waals surface area (Å²) < 4.78 is 56.3. The molecule has 0 atom stereocenters. The fourth-order valence-electron chi connectivity index (χ4n) is 1.73. The van der Waals surface area contributed by atoms with Crippen molar-refractivity contribution >= 4 is 5.97 Å². The van der Waals surface area contributed by atoms with Crippen molar-refractivity contribution in [2.45, 2.75) is 38.8 Å². The third kappa shape index (κ3) is 4.51. The molecule has 1 aromatic carbocycles. The van der Waals surface area contributed by atoms with Crippen LogP contribution in [0.15, 0.2) is 18.2 Å². The molecule has 0 heterocycles. The Bertz CT molecular complexity index is 455. The maximum atomic E-state index is 13.5. The third-order valence-corrected chi connectivity index (χ3v) is 2.75. The Labute approximate surface area is 114 Å². The first kappa shape index (κ1) is 16.5. The minimum Gasteiger partial charge on any atom is -0.462 e. The number of alkyl halides is 3. The fourth-order valence-corrected chi connectivity index (χ4v) is 1.73. The average Bonchev–Trinajstić information content (AvgIpc) is 2.37. The Kier molecular flexibility index (Phi) is 5.98. The van der Waals surface area contributed by atoms with E-state index in [9.17, 15) is 22.4 Å². The van der Waals surface area contributed by atoms with Gasteiger partial charge in [0.05, 0.1) is 12.2 Å². The number of rotatable bonds is 6. The first-order valence-electron chi connectivity index (χ1n) is 6.40. The molecule has 1 rings (SSSR count). The van der Waals surface area contributed by atoms with E-state index in [0.717, 1.165) is 31.4 Å². The average molecular weight is 292 g/mol. The normalized spacial score (nSPS) is 11.4. The summed E-state index contributed by atoms with van der Waals surface area (Å²) >= 11 is 0. The van der Waals surface area contributed by atoms with E-state index < -0.39 is 29.1 Å². The predicted molar refractivity (Wildman–Crippen MR) is 65.8 cm³/mol. The Morgan fingerprint density at radius 3 is 2.50 bits per heavy atom. The summed E-state index contributed by atoms with van der Waals surface area (Å²) in [5, 5.41) is 0. The summed E-state index contributed by atoms with van der Waals surface area (Å²) in [4.78, 5) is 11.6. The SMILES string of the molecule is CCCCCCOC(=O)c1c(F)cccc1C(F)(F)F. The molecule has 0 unspecified atom stereocenters. The van der Waals surface area contributed by atoms with Crippen molar-refractivity contribution in [3.05, 3.63) is 35.1 Å². The second-order valence-corrected chi connectivity index (χ2v) is 4.36. The molecule has 0 spiro atoms. The van der Waals surface area contributed by atoms with Crippen LogP contribution >= 0.6 is 0 Å². The number of carbonyl (C=O) groups is 1. The molecule has 0 saturated heterocycles. The Morgan fingerprint density at radius 2 is 1.90 bits per heavy atom. The van der Waals surface area contributed by atoms with Gasteiger partial charge >= 0.3 is 12.1 Å². The summed E-state index contributed by atoms with van der Waals surface area (Å²) in [6.45, 7) is 1.99. The van der Waals surface area contributed by atoms with Gasteiger partial charge in [0.1, 0.15) is 11.4 Å². The van der Waals surface area contributed by atoms with Crippen LogP contribution in [0.5, 0.6) is 0 Å². The van der Waals surface area contributed by atoms with Crippen molar-refractivity contribution in [1.29, 1.82) is 0 Å². The van der Waals surface area contributed by atoms with Gasteiger partial charge in [-0.15, -0.1) is 0 Å². The largest absolute Gasteiger partial charge is 0.462 e. The molecule has 0 saturated carbocycles. The molecule has 0 radical (unpaired) electrons. The molecule has 0 aliphatic heterocycles. The van der Waals surface area contributed by atoms with E-state index in [-0.39, 0.29) is 6.61 Å². The van der Waals surface area contributed by atoms with Crippen molar-refractivity contribution in [2.24, 2.45) is 0 Å². The summed E-state index contributed by atoms with van der Waals surface area (Å²) in [5.41, 5.74) is -2.36. The van der Waals surface area contributed by atoms with Crippen LogP contribution in [0, 0.1) is 5.82 Å². The molecule has 1 aromatic rings. The number of unbranched alkanes of at least 4 members (excludes halogenated alkanes) is 3. The van der Waals surface area contributed by atoms with Gasteiger partial charge in [0.15, 0.2) is 0 Å². The lowest BCUT2D eigenvalue weighted by Crippen LogP contribution is -2.17. The Hall–Kier alpha value is -1.59. The van der Waals surface area contributed by atoms with E-state index in [1.165, 1.54) is 0 Å². The highest BCUT2D eigenvalue weighted by atomic mass is 19.4. The summed E-state index contributed by atoms with van der Waals surface area (Å²) in [5.74, 6) is -2.50. The second-order valence-electron chi connectivity index (χ2n) is 4.36. The number of carbonyl (C=O) groups excluding carboxylic acids is 1. The molecule has 0 aromatic heterocycles. The first-order valence-corrected chi connectivity index (χ1v) is 6.40. The third-order valence-electron chi connectivity index (χ3n) is 2.75. The number of halogens is 4. The summed E-state index contributed by atoms with van der Waals surface area (Å²) in [6.07, 6.45) is -1.49. The monoisotopic (exact) mass is 292 g/mol. The van der Waals surface area contributed by atoms with E-state index in [2.05, 4.69) is 0 Å². The van der Waals surface area contributed by atoms with Gasteiger partial charge in [-0.1, -0.05) is 32.3 Å². The van der Waals surface area contributed by atoms with Crippen LogP contribution in [-0.2, 0) is 10.9 Å². The van der Waals surface area contributed by atoms with Gasteiger partial charge < -0.3 is 4.74 Å². The molecule has 0 bridgehead atoms. The lowest BCUT2D eigenvalue weighted by molar-refractivity contribution is -0.138. The summed E-state index contributed by atoms with van der Waals surface area (Å²) in [7, 11) is 0. The molecular weight excluding hydrogens is 276 g/mol. The van der Waals surface area contributed by atoms with Crippen LogP contribution in [0.25, 0.3) is 0 Å². The lowest BCUT2D eigenvalue weighted by atomic mass is 10.1. The maximum absolute atomic E-state index is 13.5. The minimum atomic E-state index is -4.79. The Balaban J connectivity index is 2.77. The number of hydrogen-bond acceptors (Lipinski definition) is 2. The second kappa shape index (κ2) is 7.26. The summed E-state index contributed by atoms with van der Waals surface area (Å²) in [6, 6.07) is 2.38. The van der Waals surface area contributed by atoms with Gasteiger partial charge in [0, 0.05) is 0 Å². The van der Waals surface area contributed by atoms with E-state index in [4.69, 9.17) is 4.74 Å². The van der Waals surface area contributed by atoms with Crippen LogP contribution in [0.4, 0.5) is 17.6 Å². The van der Waals surface area contributed by atoms with E-state index in [1.807, 2.05) is 6.92 Å². The molecule has 0 aliphatic rings. The van der Waals surface area contributed by atoms with Crippen LogP contribution in [-0.4, -0.2) is 12.6 Å². The standard InChI is InChI=1S/C14H16F4O2/c1-2-3-4-5-9-20-13(19)12-10(14(16,17)18)7-6-8-11(12)15/h6-8H,2-5,9H2,1H3. The molecule has 0 N–H and O–H groups in total. The molecule has 0 amide bonds. The topological polar surface area (TPSA) is 26.3 Å². The molecule has 6 heteroatoms. The van der Waals surface area contributed by atoms with Crippen LogP contribution < -0.4 is 0 Å². The molecule has 2 nitrogen and oxygen atoms in total. The minimum absolute atomic E-state index is 0.00946. The maximum Gasteiger partial charge on any atom is 0.417 e. The zero-order chi connectivity index (χ0) is 15.2. The van der Waals surface area contributed by atoms with Gasteiger partial charge in [0.25, 0.3) is 0 Å². The van der Waals surface area contributed by atoms with Gasteiger partial charge in [-0.2, -0.15) is 13.2 Å². The number of ether oxygens (including phenoxy) is 1. The smallest absolute Gasteiger partial charge is 0.417 e. The van der Waals surface area contributed by atoms with E-state index in [1.54, 1.807) is 0 Å². The van der Waals surface area contributed by atoms with Crippen molar-refractivity contribution in [3.63, 3.8) is 0 Å². The van der Waals surface area contributed by atoms with Crippen molar-refractivity contribution in [2.75, 3.05) is 6.61 Å². The number of benzene rings is 1. The van der Waals surface area contributed by atoms with Gasteiger partial charge in [0.2, 0.25) is 0 Å². The van der Waals surface area contributed by atoms with Gasteiger partial charge in [-0.05, 0) is 18.6 Å². The van der Waals surface area contributed by atoms with E-state index >= 15 is 0 Å². The van der Waals surface area contributed by atoms with Crippen LogP contribution in [0.1, 0.15) is 48.5 Å². The van der Waals surface area contributed by atoms with Crippen molar-refractivity contribution in [3.8, 4) is 0 Å². The molecule has 0 aliphatic carbocycles. The highest BCUT2D eigenvalue weighted by Gasteiger charge is 2.37. The quantitative estimate of drug-likeness (QED) is 0.436. The van der Waals surface area contributed by atoms with Crippen LogP contribution in [0.3, 0.4) is 0 Å². The van der Waals surface area contributed by atoms with Crippen molar-refractivity contribution in [1.82, 2.24) is 0 Å². The van der Waals surface area contributed by atoms with E-state index in [0.29, 0.717) is 12.5 Å². The zero-order valence-electron chi connectivity index (χ0n) is 11.1. The van der Waals surface area contributed by atoms with Gasteiger partial charge in [-0.25, -0.2) is 9.18 Å². The molecule has 112 valence electrons. The Morgan fingerprint density at radius 1 is 1.20 bits per heavy atom. The first-order chi connectivity index (χ1) is 9.38. The molecular formula is C14H16F4O2. The highest BCUT2D eigenvalue weighted by Crippen LogP contribution is 2.33. The molecule has 20 heavy (non-hydrogen) atoms.